The maximum atomic E-state index is 13.0. The minimum Gasteiger partial charge on any atom is -0.335 e. The van der Waals surface area contributed by atoms with Crippen LogP contribution in [0.5, 0.6) is 0 Å². The molecule has 1 aromatic rings. The van der Waals surface area contributed by atoms with E-state index in [2.05, 4.69) is 29.8 Å². The zero-order valence-corrected chi connectivity index (χ0v) is 19.1. The molecule has 0 radical (unpaired) electrons. The number of benzene rings is 1. The maximum absolute atomic E-state index is 13.0. The molecular weight excluding hydrogens is 443 g/mol. The molecule has 6 amide bonds. The highest BCUT2D eigenvalue weighted by Crippen LogP contribution is 2.35. The van der Waals surface area contributed by atoms with Gasteiger partial charge in [-0.15, -0.1) is 0 Å². The Hall–Kier alpha value is -2.32. The smallest absolute Gasteiger partial charge is 0.325 e. The highest BCUT2D eigenvalue weighted by Gasteiger charge is 2.50. The third kappa shape index (κ3) is 4.80. The van der Waals surface area contributed by atoms with Crippen LogP contribution in [0.3, 0.4) is 0 Å². The van der Waals surface area contributed by atoms with Gasteiger partial charge in [-0.1, -0.05) is 56.0 Å². The van der Waals surface area contributed by atoms with Crippen LogP contribution in [0.1, 0.15) is 45.6 Å². The summed E-state index contributed by atoms with van der Waals surface area (Å²) in [7, 11) is 0. The average molecular weight is 469 g/mol. The van der Waals surface area contributed by atoms with Gasteiger partial charge >= 0.3 is 12.1 Å². The van der Waals surface area contributed by atoms with Crippen LogP contribution in [-0.4, -0.2) is 41.4 Å². The first-order valence-electron chi connectivity index (χ1n) is 10.2. The summed E-state index contributed by atoms with van der Waals surface area (Å²) >= 11 is 12.1. The van der Waals surface area contributed by atoms with E-state index in [4.69, 9.17) is 23.2 Å². The average Bonchev–Trinajstić information content (AvgIpc) is 2.89. The van der Waals surface area contributed by atoms with Crippen LogP contribution >= 0.6 is 23.2 Å². The normalized spacial score (nSPS) is 28.3. The maximum Gasteiger partial charge on any atom is 0.325 e. The fraction of sp³-hybridized carbons (Fsp3) is 0.524. The summed E-state index contributed by atoms with van der Waals surface area (Å²) in [5.41, 5.74) is -1.09. The molecule has 168 valence electrons. The topological polar surface area (TPSA) is 108 Å². The van der Waals surface area contributed by atoms with Crippen LogP contribution < -0.4 is 16.0 Å². The molecule has 1 aliphatic carbocycles. The Bertz CT molecular complexity index is 925. The molecule has 2 fully saturated rings. The Kier molecular flexibility index (Phi) is 6.81. The minimum atomic E-state index is -1.45. The molecular formula is C21H26Cl2N4O4. The molecule has 1 aliphatic heterocycles. The summed E-state index contributed by atoms with van der Waals surface area (Å²) < 4.78 is 0. The molecule has 0 unspecified atom stereocenters. The molecule has 3 N–H and O–H groups in total. The highest BCUT2D eigenvalue weighted by atomic mass is 35.5. The number of rotatable bonds is 4. The predicted molar refractivity (Wildman–Crippen MR) is 117 cm³/mol. The lowest BCUT2D eigenvalue weighted by atomic mass is 9.78. The van der Waals surface area contributed by atoms with Gasteiger partial charge < -0.3 is 10.6 Å². The van der Waals surface area contributed by atoms with Crippen molar-refractivity contribution < 1.29 is 19.2 Å². The zero-order chi connectivity index (χ0) is 22.9. The van der Waals surface area contributed by atoms with E-state index in [0.717, 1.165) is 24.2 Å². The lowest BCUT2D eigenvalue weighted by Gasteiger charge is -2.34. The molecule has 0 spiro atoms. The highest BCUT2D eigenvalue weighted by molar-refractivity contribution is 6.35. The van der Waals surface area contributed by atoms with Crippen LogP contribution in [0.4, 0.5) is 9.59 Å². The van der Waals surface area contributed by atoms with Crippen molar-refractivity contribution in [2.24, 2.45) is 11.8 Å². The van der Waals surface area contributed by atoms with Crippen molar-refractivity contribution in [3.8, 4) is 0 Å². The lowest BCUT2D eigenvalue weighted by Crippen LogP contribution is -2.51. The van der Waals surface area contributed by atoms with E-state index in [9.17, 15) is 19.2 Å². The molecule has 1 heterocycles. The number of urea groups is 2. The summed E-state index contributed by atoms with van der Waals surface area (Å²) in [6.45, 7) is 5.13. The summed E-state index contributed by atoms with van der Waals surface area (Å²) in [5, 5.41) is 8.21. The number of hydrogen-bond donors (Lipinski definition) is 3. The van der Waals surface area contributed by atoms with Gasteiger partial charge in [-0.05, 0) is 37.3 Å². The SMILES string of the molecule is C[C@H]1[C@H](C)CCC[C@@H]1NC(=O)NC(=O)CN1C(=O)N[C@@](C)(c2ccc(Cl)cc2Cl)C1=O. The van der Waals surface area contributed by atoms with E-state index in [1.54, 1.807) is 12.1 Å². The van der Waals surface area contributed by atoms with E-state index in [-0.39, 0.29) is 11.1 Å². The van der Waals surface area contributed by atoms with Crippen LogP contribution in [0, 0.1) is 11.8 Å². The molecule has 31 heavy (non-hydrogen) atoms. The second-order valence-corrected chi connectivity index (χ2v) is 9.31. The van der Waals surface area contributed by atoms with E-state index in [0.29, 0.717) is 22.4 Å². The van der Waals surface area contributed by atoms with Gasteiger partial charge in [0.05, 0.1) is 0 Å². The van der Waals surface area contributed by atoms with Gasteiger partial charge in [0.25, 0.3) is 5.91 Å². The van der Waals surface area contributed by atoms with Crippen LogP contribution in [0.2, 0.25) is 10.0 Å². The van der Waals surface area contributed by atoms with Gasteiger partial charge in [0, 0.05) is 21.7 Å². The zero-order valence-electron chi connectivity index (χ0n) is 17.6. The second kappa shape index (κ2) is 9.04. The Morgan fingerprint density at radius 1 is 1.23 bits per heavy atom. The van der Waals surface area contributed by atoms with Gasteiger partial charge in [-0.3, -0.25) is 19.8 Å². The molecule has 1 aromatic carbocycles. The molecule has 1 saturated heterocycles. The van der Waals surface area contributed by atoms with E-state index in [1.165, 1.54) is 13.0 Å². The Morgan fingerprint density at radius 3 is 2.61 bits per heavy atom. The van der Waals surface area contributed by atoms with E-state index >= 15 is 0 Å². The first-order valence-corrected chi connectivity index (χ1v) is 11.0. The minimum absolute atomic E-state index is 0.0244. The second-order valence-electron chi connectivity index (χ2n) is 8.47. The monoisotopic (exact) mass is 468 g/mol. The molecule has 2 aliphatic rings. The molecule has 0 bridgehead atoms. The van der Waals surface area contributed by atoms with Crippen molar-refractivity contribution in [3.63, 3.8) is 0 Å². The summed E-state index contributed by atoms with van der Waals surface area (Å²) in [6, 6.07) is 3.17. The number of imide groups is 2. The van der Waals surface area contributed by atoms with Crippen LogP contribution in [0.15, 0.2) is 18.2 Å². The number of nitrogens with one attached hydrogen (secondary N) is 3. The van der Waals surface area contributed by atoms with Crippen molar-refractivity contribution >= 4 is 47.1 Å². The van der Waals surface area contributed by atoms with Gasteiger partial charge in [-0.2, -0.15) is 0 Å². The summed E-state index contributed by atoms with van der Waals surface area (Å²) in [6.07, 6.45) is 2.97. The first-order chi connectivity index (χ1) is 14.5. The van der Waals surface area contributed by atoms with E-state index < -0.39 is 36.0 Å². The quantitative estimate of drug-likeness (QED) is 0.588. The Morgan fingerprint density at radius 2 is 1.94 bits per heavy atom. The molecule has 8 nitrogen and oxygen atoms in total. The van der Waals surface area contributed by atoms with Crippen molar-refractivity contribution in [2.45, 2.75) is 51.6 Å². The summed E-state index contributed by atoms with van der Waals surface area (Å²) in [4.78, 5) is 50.8. The summed E-state index contributed by atoms with van der Waals surface area (Å²) in [5.74, 6) is -0.626. The van der Waals surface area contributed by atoms with Crippen molar-refractivity contribution in [2.75, 3.05) is 6.54 Å². The molecule has 1 saturated carbocycles. The van der Waals surface area contributed by atoms with Crippen molar-refractivity contribution in [1.82, 2.24) is 20.9 Å². The first kappa shape index (κ1) is 23.3. The number of carbonyl (C=O) groups excluding carboxylic acids is 4. The van der Waals surface area contributed by atoms with E-state index in [1.807, 2.05) is 0 Å². The largest absolute Gasteiger partial charge is 0.335 e. The number of carbonyl (C=O) groups is 4. The predicted octanol–water partition coefficient (Wildman–Crippen LogP) is 3.41. The van der Waals surface area contributed by atoms with Crippen LogP contribution in [-0.2, 0) is 15.1 Å². The molecule has 3 rings (SSSR count). The van der Waals surface area contributed by atoms with Crippen molar-refractivity contribution in [3.05, 3.63) is 33.8 Å². The Labute approximate surface area is 191 Å². The number of halogens is 2. The van der Waals surface area contributed by atoms with Gasteiger partial charge in [0.15, 0.2) is 0 Å². The lowest BCUT2D eigenvalue weighted by molar-refractivity contribution is -0.134. The fourth-order valence-corrected chi connectivity index (χ4v) is 4.82. The third-order valence-corrected chi connectivity index (χ3v) is 6.87. The standard InChI is InChI=1S/C21H26Cl2N4O4/c1-11-5-4-6-16(12(11)2)24-19(30)25-17(28)10-27-18(29)21(3,26-20(27)31)14-8-7-13(22)9-15(14)23/h7-9,11-12,16H,4-6,10H2,1-3H3,(H,26,31)(H2,24,25,28,30)/t11-,12+,16+,21+/m1/s1. The van der Waals surface area contributed by atoms with Crippen molar-refractivity contribution in [1.29, 1.82) is 0 Å². The fourth-order valence-electron chi connectivity index (χ4n) is 4.22. The van der Waals surface area contributed by atoms with Gasteiger partial charge in [0.1, 0.15) is 12.1 Å². The third-order valence-electron chi connectivity index (χ3n) is 6.32. The molecule has 10 heteroatoms. The van der Waals surface area contributed by atoms with Gasteiger partial charge in [0.2, 0.25) is 5.91 Å². The molecule has 4 atom stereocenters. The van der Waals surface area contributed by atoms with Crippen LogP contribution in [0.25, 0.3) is 0 Å². The number of nitrogens with zero attached hydrogens (tertiary/aromatic N) is 1. The number of hydrogen-bond acceptors (Lipinski definition) is 4. The van der Waals surface area contributed by atoms with Gasteiger partial charge in [-0.25, -0.2) is 9.59 Å². The number of amides is 6. The molecule has 0 aromatic heterocycles. The Balaban J connectivity index is 1.63.